The molecule has 8 nitrogen and oxygen atoms in total. The van der Waals surface area contributed by atoms with Crippen LogP contribution in [0.4, 0.5) is 0 Å². The van der Waals surface area contributed by atoms with Crippen molar-refractivity contribution in [2.24, 2.45) is 8.73 Å². The van der Waals surface area contributed by atoms with Crippen LogP contribution in [0.2, 0.25) is 0 Å². The van der Waals surface area contributed by atoms with Crippen LogP contribution in [0.1, 0.15) is 22.5 Å². The summed E-state index contributed by atoms with van der Waals surface area (Å²) in [5.41, 5.74) is 4.08. The van der Waals surface area contributed by atoms with Gasteiger partial charge in [-0.1, -0.05) is 12.1 Å². The summed E-state index contributed by atoms with van der Waals surface area (Å²) in [5.74, 6) is 0.943. The van der Waals surface area contributed by atoms with Crippen molar-refractivity contribution < 1.29 is 8.42 Å². The van der Waals surface area contributed by atoms with Crippen LogP contribution >= 0.6 is 11.6 Å². The highest BCUT2D eigenvalue weighted by molar-refractivity contribution is 7.93. The summed E-state index contributed by atoms with van der Waals surface area (Å²) >= 11 is 5.54. The second-order valence-electron chi connectivity index (χ2n) is 6.73. The maximum atomic E-state index is 11.6. The monoisotopic (exact) mass is 493 g/mol. The average molecular weight is 494 g/mol. The molecule has 1 atom stereocenters. The molecule has 0 saturated heterocycles. The van der Waals surface area contributed by atoms with E-state index >= 15 is 0 Å². The second kappa shape index (κ2) is 16.2. The van der Waals surface area contributed by atoms with Crippen molar-refractivity contribution >= 4 is 39.5 Å². The van der Waals surface area contributed by atoms with Gasteiger partial charge in [-0.25, -0.2) is 8.42 Å². The molecule has 0 aliphatic rings. The Kier molecular flexibility index (Phi) is 16.1. The van der Waals surface area contributed by atoms with E-state index in [1.165, 1.54) is 25.0 Å². The van der Waals surface area contributed by atoms with Crippen molar-refractivity contribution in [2.45, 2.75) is 26.1 Å². The van der Waals surface area contributed by atoms with Crippen LogP contribution in [0.25, 0.3) is 0 Å². The minimum Gasteiger partial charge on any atom is -0.261 e. The van der Waals surface area contributed by atoms with Crippen LogP contribution in [-0.4, -0.2) is 51.3 Å². The lowest BCUT2D eigenvalue weighted by Crippen LogP contribution is -2.06. The fourth-order valence-electron chi connectivity index (χ4n) is 1.76. The molecule has 2 rings (SSSR count). The Hall–Kier alpha value is -2.47. The van der Waals surface area contributed by atoms with Crippen LogP contribution < -0.4 is 0 Å². The number of hydrogen-bond acceptors (Lipinski definition) is 8. The van der Waals surface area contributed by atoms with E-state index in [9.17, 15) is 8.42 Å². The van der Waals surface area contributed by atoms with Gasteiger partial charge in [0.1, 0.15) is 0 Å². The third-order valence-electron chi connectivity index (χ3n) is 3.36. The predicted octanol–water partition coefficient (Wildman–Crippen LogP) is 3.45. The molecule has 0 amide bonds. The lowest BCUT2D eigenvalue weighted by Gasteiger charge is -2.02. The van der Waals surface area contributed by atoms with E-state index in [1.807, 2.05) is 38.1 Å². The van der Waals surface area contributed by atoms with Gasteiger partial charge >= 0.3 is 0 Å². The lowest BCUT2D eigenvalue weighted by atomic mass is 10.2. The Labute approximate surface area is 199 Å². The van der Waals surface area contributed by atoms with Gasteiger partial charge in [0.25, 0.3) is 0 Å². The fraction of sp³-hybridized carbons (Fsp3) is 0.400. The predicted molar refractivity (Wildman–Crippen MR) is 132 cm³/mol. The van der Waals surface area contributed by atoms with Crippen LogP contribution in [-0.2, 0) is 31.8 Å². The second-order valence-corrected chi connectivity index (χ2v) is 12.0. The Balaban J connectivity index is 0. The standard InChI is InChI=1S/C10H13N3OS.C7H8ClN.C3H6N2OS.B/c1-9-3-4-10(7-12-9)5-6-15(2,14)13-8-11;1-6-2-3-7(4-8)5-9-6;1-7(2,6)5-3-4;/h3-4,7H,5-6H2,1-2H3;2-3,5H,4H2,1H3;1-2H3;. The first-order chi connectivity index (χ1) is 14.4. The molecule has 0 bridgehead atoms. The molecule has 0 saturated carbocycles. The highest BCUT2D eigenvalue weighted by Gasteiger charge is 2.02. The number of pyridine rings is 2. The molecule has 0 N–H and O–H groups in total. The smallest absolute Gasteiger partial charge is 0.214 e. The largest absolute Gasteiger partial charge is 0.261 e. The first kappa shape index (κ1) is 31.7. The van der Waals surface area contributed by atoms with Crippen molar-refractivity contribution in [3.63, 3.8) is 0 Å². The number of nitriles is 2. The van der Waals surface area contributed by atoms with Crippen molar-refractivity contribution in [3.05, 3.63) is 59.2 Å². The van der Waals surface area contributed by atoms with Crippen LogP contribution in [0.15, 0.2) is 45.4 Å². The Bertz CT molecular complexity index is 1130. The van der Waals surface area contributed by atoms with E-state index in [-0.39, 0.29) is 8.41 Å². The van der Waals surface area contributed by atoms with Gasteiger partial charge in [0.15, 0.2) is 0 Å². The molecule has 3 radical (unpaired) electrons. The summed E-state index contributed by atoms with van der Waals surface area (Å²) < 4.78 is 28.5. The zero-order chi connectivity index (χ0) is 23.9. The summed E-state index contributed by atoms with van der Waals surface area (Å²) in [4.78, 5) is 8.20. The first-order valence-electron chi connectivity index (χ1n) is 8.94. The highest BCUT2D eigenvalue weighted by atomic mass is 35.5. The molecule has 32 heavy (non-hydrogen) atoms. The Morgan fingerprint density at radius 1 is 0.906 bits per heavy atom. The van der Waals surface area contributed by atoms with E-state index in [0.717, 1.165) is 22.5 Å². The van der Waals surface area contributed by atoms with Crippen molar-refractivity contribution in [1.29, 1.82) is 10.5 Å². The van der Waals surface area contributed by atoms with Crippen LogP contribution in [0.3, 0.4) is 0 Å². The van der Waals surface area contributed by atoms with Crippen molar-refractivity contribution in [1.82, 2.24) is 9.97 Å². The van der Waals surface area contributed by atoms with Gasteiger partial charge < -0.3 is 0 Å². The summed E-state index contributed by atoms with van der Waals surface area (Å²) in [6.45, 7) is 3.87. The molecule has 12 heteroatoms. The maximum Gasteiger partial charge on any atom is 0.214 e. The summed E-state index contributed by atoms with van der Waals surface area (Å²) in [6, 6.07) is 7.80. The Morgan fingerprint density at radius 2 is 1.38 bits per heavy atom. The van der Waals surface area contributed by atoms with E-state index in [1.54, 1.807) is 18.6 Å². The lowest BCUT2D eigenvalue weighted by molar-refractivity contribution is 0.679. The quantitative estimate of drug-likeness (QED) is 0.364. The van der Waals surface area contributed by atoms with Crippen molar-refractivity contribution in [2.75, 3.05) is 24.5 Å². The highest BCUT2D eigenvalue weighted by Crippen LogP contribution is 2.03. The first-order valence-corrected chi connectivity index (χ1v) is 13.9. The third kappa shape index (κ3) is 17.2. The Morgan fingerprint density at radius 3 is 1.69 bits per heavy atom. The summed E-state index contributed by atoms with van der Waals surface area (Å²) in [6.07, 6.45) is 11.6. The summed E-state index contributed by atoms with van der Waals surface area (Å²) in [7, 11) is -4.51. The number of nitrogens with zero attached hydrogens (tertiary/aromatic N) is 6. The number of alkyl halides is 1. The van der Waals surface area contributed by atoms with E-state index < -0.39 is 19.5 Å². The van der Waals surface area contributed by atoms with Gasteiger partial charge in [-0.3, -0.25) is 9.97 Å². The minimum atomic E-state index is -2.35. The molecule has 2 aromatic heterocycles. The molecule has 1 unspecified atom stereocenters. The van der Waals surface area contributed by atoms with E-state index in [4.69, 9.17) is 22.1 Å². The SMILES string of the molecule is CS(C)(=O)=NC#N.Cc1ccc(CCS(C)(=O)=NC#N)cn1.Cc1ccc(CCl)cn1.[B]. The molecule has 0 aromatic carbocycles. The molecule has 171 valence electrons. The van der Waals surface area contributed by atoms with Gasteiger partial charge in [-0.15, -0.1) is 20.3 Å². The molecular formula is C20H27BClN6O2S2. The van der Waals surface area contributed by atoms with Gasteiger partial charge in [-0.2, -0.15) is 10.5 Å². The number of hydrogen-bond donors (Lipinski definition) is 0. The van der Waals surface area contributed by atoms with Crippen LogP contribution in [0.5, 0.6) is 0 Å². The van der Waals surface area contributed by atoms with Crippen LogP contribution in [0, 0.1) is 36.8 Å². The van der Waals surface area contributed by atoms with E-state index in [2.05, 4.69) is 18.7 Å². The molecule has 2 aromatic rings. The van der Waals surface area contributed by atoms with Gasteiger partial charge in [0, 0.05) is 62.6 Å². The van der Waals surface area contributed by atoms with Gasteiger partial charge in [-0.05, 0) is 43.5 Å². The zero-order valence-corrected chi connectivity index (χ0v) is 21.2. The third-order valence-corrected chi connectivity index (χ3v) is 5.62. The molecule has 2 heterocycles. The number of aryl methyl sites for hydroxylation is 3. The van der Waals surface area contributed by atoms with Gasteiger partial charge in [0.2, 0.25) is 12.4 Å². The molecule has 0 aliphatic carbocycles. The van der Waals surface area contributed by atoms with E-state index in [0.29, 0.717) is 18.1 Å². The minimum absolute atomic E-state index is 0. The van der Waals surface area contributed by atoms with Gasteiger partial charge in [0.05, 0.1) is 19.5 Å². The zero-order valence-electron chi connectivity index (χ0n) is 18.9. The molecule has 0 fully saturated rings. The number of aromatic nitrogens is 2. The number of halogens is 1. The molecule has 0 aliphatic heterocycles. The number of rotatable bonds is 4. The molecule has 0 spiro atoms. The fourth-order valence-corrected chi connectivity index (χ4v) is 2.99. The maximum absolute atomic E-state index is 11.6. The summed E-state index contributed by atoms with van der Waals surface area (Å²) in [5, 5.41) is 16.1. The molecular weight excluding hydrogens is 467 g/mol. The average Bonchev–Trinajstić information content (AvgIpc) is 2.68. The normalized spacial score (nSPS) is 11.4. The topological polar surface area (TPSA) is 132 Å². The van der Waals surface area contributed by atoms with Crippen molar-refractivity contribution in [3.8, 4) is 12.4 Å².